The van der Waals surface area contributed by atoms with Gasteiger partial charge in [0, 0.05) is 18.2 Å². The van der Waals surface area contributed by atoms with Crippen LogP contribution in [0.2, 0.25) is 10.0 Å². The predicted octanol–water partition coefficient (Wildman–Crippen LogP) is 3.51. The molecule has 0 bridgehead atoms. The van der Waals surface area contributed by atoms with E-state index in [1.807, 2.05) is 0 Å². The molecule has 5 heteroatoms. The van der Waals surface area contributed by atoms with E-state index in [1.165, 1.54) is 0 Å². The number of benzene rings is 1. The van der Waals surface area contributed by atoms with Crippen molar-refractivity contribution in [3.8, 4) is 5.75 Å². The molecule has 0 heterocycles. The summed E-state index contributed by atoms with van der Waals surface area (Å²) in [6.45, 7) is 7.00. The van der Waals surface area contributed by atoms with E-state index in [4.69, 9.17) is 27.9 Å². The van der Waals surface area contributed by atoms with Crippen molar-refractivity contribution in [3.05, 3.63) is 28.2 Å². The van der Waals surface area contributed by atoms with E-state index in [9.17, 15) is 5.11 Å². The van der Waals surface area contributed by atoms with Crippen molar-refractivity contribution in [2.24, 2.45) is 0 Å². The number of β-amino-alcohol motifs (C(OH)–C–C–N with tert-alkyl or cyclic N) is 1. The summed E-state index contributed by atoms with van der Waals surface area (Å²) in [5.74, 6) is 0.600. The Morgan fingerprint density at radius 2 is 2.00 bits per heavy atom. The minimum Gasteiger partial charge on any atom is -0.491 e. The molecule has 2 N–H and O–H groups in total. The lowest BCUT2D eigenvalue weighted by molar-refractivity contribution is 0.0985. The normalized spacial score (nSPS) is 13.4. The number of aliphatic hydroxyl groups is 1. The maximum Gasteiger partial charge on any atom is 0.121 e. The number of halogens is 2. The minimum atomic E-state index is -0.569. The maximum atomic E-state index is 9.85. The van der Waals surface area contributed by atoms with Gasteiger partial charge in [-0.05, 0) is 32.4 Å². The van der Waals surface area contributed by atoms with E-state index < -0.39 is 6.10 Å². The Morgan fingerprint density at radius 3 is 2.58 bits per heavy atom. The third-order valence-corrected chi connectivity index (χ3v) is 3.77. The largest absolute Gasteiger partial charge is 0.491 e. The van der Waals surface area contributed by atoms with Gasteiger partial charge in [-0.3, -0.25) is 0 Å². The van der Waals surface area contributed by atoms with Gasteiger partial charge in [-0.25, -0.2) is 0 Å². The fourth-order valence-corrected chi connectivity index (χ4v) is 1.63. The highest BCUT2D eigenvalue weighted by Crippen LogP contribution is 2.26. The van der Waals surface area contributed by atoms with E-state index in [2.05, 4.69) is 26.1 Å². The first kappa shape index (κ1) is 16.6. The number of ether oxygens (including phenoxy) is 1. The zero-order valence-corrected chi connectivity index (χ0v) is 13.1. The maximum absolute atomic E-state index is 9.85. The molecular weight excluding hydrogens is 285 g/mol. The molecule has 0 aliphatic carbocycles. The summed E-state index contributed by atoms with van der Waals surface area (Å²) in [6, 6.07) is 5.04. The van der Waals surface area contributed by atoms with Crippen molar-refractivity contribution < 1.29 is 9.84 Å². The quantitative estimate of drug-likeness (QED) is 0.810. The molecule has 0 aliphatic rings. The molecular formula is C14H21Cl2NO2. The standard InChI is InChI=1S/C14H21Cl2NO2/c1-4-14(2,3)17-8-10(18)9-19-11-5-6-12(15)13(16)7-11/h5-7,10,17-18H,4,8-9H2,1-3H3. The molecule has 0 radical (unpaired) electrons. The van der Waals surface area contributed by atoms with Crippen LogP contribution < -0.4 is 10.1 Å². The van der Waals surface area contributed by atoms with Gasteiger partial charge in [0.1, 0.15) is 18.5 Å². The molecule has 3 nitrogen and oxygen atoms in total. The van der Waals surface area contributed by atoms with Crippen LogP contribution in [0.15, 0.2) is 18.2 Å². The molecule has 0 aliphatic heterocycles. The van der Waals surface area contributed by atoms with Crippen molar-refractivity contribution in [1.29, 1.82) is 0 Å². The summed E-state index contributed by atoms with van der Waals surface area (Å²) in [5, 5.41) is 14.1. The van der Waals surface area contributed by atoms with Crippen molar-refractivity contribution >= 4 is 23.2 Å². The molecule has 108 valence electrons. The van der Waals surface area contributed by atoms with Gasteiger partial charge in [-0.15, -0.1) is 0 Å². The van der Waals surface area contributed by atoms with Crippen LogP contribution in [-0.2, 0) is 0 Å². The van der Waals surface area contributed by atoms with E-state index in [0.717, 1.165) is 6.42 Å². The fourth-order valence-electron chi connectivity index (χ4n) is 1.34. The monoisotopic (exact) mass is 305 g/mol. The highest BCUT2D eigenvalue weighted by atomic mass is 35.5. The molecule has 0 spiro atoms. The highest BCUT2D eigenvalue weighted by molar-refractivity contribution is 6.42. The summed E-state index contributed by atoms with van der Waals surface area (Å²) < 4.78 is 5.47. The van der Waals surface area contributed by atoms with E-state index in [-0.39, 0.29) is 12.1 Å². The van der Waals surface area contributed by atoms with Gasteiger partial charge in [-0.1, -0.05) is 30.1 Å². The number of hydrogen-bond donors (Lipinski definition) is 2. The lowest BCUT2D eigenvalue weighted by atomic mass is 10.0. The first-order chi connectivity index (χ1) is 8.84. The van der Waals surface area contributed by atoms with E-state index in [0.29, 0.717) is 22.3 Å². The van der Waals surface area contributed by atoms with Crippen molar-refractivity contribution in [2.45, 2.75) is 38.8 Å². The predicted molar refractivity (Wildman–Crippen MR) is 80.3 cm³/mol. The Bertz CT molecular complexity index is 410. The summed E-state index contributed by atoms with van der Waals surface area (Å²) in [6.07, 6.45) is 0.424. The zero-order chi connectivity index (χ0) is 14.5. The molecule has 1 aromatic carbocycles. The average Bonchev–Trinajstić information content (AvgIpc) is 2.38. The second-order valence-electron chi connectivity index (χ2n) is 5.16. The molecule has 0 saturated heterocycles. The molecule has 0 aromatic heterocycles. The van der Waals surface area contributed by atoms with E-state index in [1.54, 1.807) is 18.2 Å². The minimum absolute atomic E-state index is 0.0184. The fraction of sp³-hybridized carbons (Fsp3) is 0.571. The molecule has 1 unspecified atom stereocenters. The topological polar surface area (TPSA) is 41.5 Å². The molecule has 1 atom stereocenters. The Balaban J connectivity index is 2.37. The second-order valence-corrected chi connectivity index (χ2v) is 5.97. The summed E-state index contributed by atoms with van der Waals surface area (Å²) in [7, 11) is 0. The Hall–Kier alpha value is -0.480. The smallest absolute Gasteiger partial charge is 0.121 e. The second kappa shape index (κ2) is 7.34. The third kappa shape index (κ3) is 6.00. The van der Waals surface area contributed by atoms with Crippen molar-refractivity contribution in [1.82, 2.24) is 5.32 Å². The van der Waals surface area contributed by atoms with Gasteiger partial charge in [0.25, 0.3) is 0 Å². The van der Waals surface area contributed by atoms with Crippen molar-refractivity contribution in [3.63, 3.8) is 0 Å². The van der Waals surface area contributed by atoms with Crippen LogP contribution >= 0.6 is 23.2 Å². The Labute approximate surface area is 124 Å². The summed E-state index contributed by atoms with van der Waals surface area (Å²) in [5.41, 5.74) is 0.0184. The summed E-state index contributed by atoms with van der Waals surface area (Å²) >= 11 is 11.7. The van der Waals surface area contributed by atoms with Crippen LogP contribution in [0.3, 0.4) is 0 Å². The van der Waals surface area contributed by atoms with Crippen LogP contribution in [-0.4, -0.2) is 29.9 Å². The van der Waals surface area contributed by atoms with Crippen LogP contribution in [0, 0.1) is 0 Å². The molecule has 0 amide bonds. The number of nitrogens with one attached hydrogen (secondary N) is 1. The van der Waals surface area contributed by atoms with Crippen LogP contribution in [0.5, 0.6) is 5.75 Å². The molecule has 1 aromatic rings. The summed E-state index contributed by atoms with van der Waals surface area (Å²) in [4.78, 5) is 0. The first-order valence-corrected chi connectivity index (χ1v) is 7.10. The lowest BCUT2D eigenvalue weighted by Crippen LogP contribution is -2.44. The Kier molecular flexibility index (Phi) is 6.40. The first-order valence-electron chi connectivity index (χ1n) is 6.35. The average molecular weight is 306 g/mol. The number of aliphatic hydroxyl groups excluding tert-OH is 1. The van der Waals surface area contributed by atoms with Gasteiger partial charge in [0.05, 0.1) is 10.0 Å². The number of rotatable bonds is 7. The van der Waals surface area contributed by atoms with Gasteiger partial charge >= 0.3 is 0 Å². The zero-order valence-electron chi connectivity index (χ0n) is 11.5. The van der Waals surface area contributed by atoms with Gasteiger partial charge in [0.2, 0.25) is 0 Å². The molecule has 0 saturated carbocycles. The molecule has 1 rings (SSSR count). The Morgan fingerprint density at radius 1 is 1.32 bits per heavy atom. The lowest BCUT2D eigenvalue weighted by Gasteiger charge is -2.26. The SMILES string of the molecule is CCC(C)(C)NCC(O)COc1ccc(Cl)c(Cl)c1. The van der Waals surface area contributed by atoms with Crippen LogP contribution in [0.4, 0.5) is 0 Å². The highest BCUT2D eigenvalue weighted by Gasteiger charge is 2.16. The van der Waals surface area contributed by atoms with Crippen LogP contribution in [0.1, 0.15) is 27.2 Å². The third-order valence-electron chi connectivity index (χ3n) is 3.03. The number of hydrogen-bond acceptors (Lipinski definition) is 3. The van der Waals surface area contributed by atoms with Crippen LogP contribution in [0.25, 0.3) is 0 Å². The van der Waals surface area contributed by atoms with Crippen molar-refractivity contribution in [2.75, 3.05) is 13.2 Å². The van der Waals surface area contributed by atoms with Gasteiger partial charge in [-0.2, -0.15) is 0 Å². The van der Waals surface area contributed by atoms with Gasteiger partial charge < -0.3 is 15.2 Å². The molecule has 19 heavy (non-hydrogen) atoms. The van der Waals surface area contributed by atoms with Gasteiger partial charge in [0.15, 0.2) is 0 Å². The molecule has 0 fully saturated rings. The van der Waals surface area contributed by atoms with E-state index >= 15 is 0 Å².